The third kappa shape index (κ3) is 4.88. The Morgan fingerprint density at radius 1 is 0.290 bits per heavy atom. The van der Waals surface area contributed by atoms with Gasteiger partial charge in [0.05, 0.1) is 11.1 Å². The van der Waals surface area contributed by atoms with Crippen molar-refractivity contribution in [1.29, 1.82) is 0 Å². The van der Waals surface area contributed by atoms with E-state index in [-0.39, 0.29) is 0 Å². The fraction of sp³-hybridized carbons (Fsp3) is 0.0169. The van der Waals surface area contributed by atoms with Crippen molar-refractivity contribution in [3.8, 4) is 22.3 Å². The molecule has 0 bridgehead atoms. The Balaban J connectivity index is 1.08. The average Bonchev–Trinajstić information content (AvgIpc) is 3.96. The molecule has 0 N–H and O–H groups in total. The maximum absolute atomic E-state index is 6.45. The van der Waals surface area contributed by atoms with Crippen LogP contribution in [-0.4, -0.2) is 0 Å². The van der Waals surface area contributed by atoms with E-state index in [9.17, 15) is 0 Å². The molecule has 3 heteroatoms. The molecule has 0 fully saturated rings. The van der Waals surface area contributed by atoms with Crippen molar-refractivity contribution in [2.75, 3.05) is 9.80 Å². The van der Waals surface area contributed by atoms with Crippen LogP contribution in [0.4, 0.5) is 34.1 Å². The van der Waals surface area contributed by atoms with Crippen LogP contribution in [0.1, 0.15) is 22.3 Å². The molecule has 0 radical (unpaired) electrons. The van der Waals surface area contributed by atoms with Crippen LogP contribution in [0.5, 0.6) is 0 Å². The Hall–Kier alpha value is -8.14. The summed E-state index contributed by atoms with van der Waals surface area (Å²) < 4.78 is 6.45. The molecule has 0 aliphatic heterocycles. The standard InChI is InChI=1S/C59H38N2O/c1-4-18-39(19-5-1)60(43-32-34-47-46-26-14-17-31-56(46)62-57(47)37-43)42-33-35-53-50(36-42)44-24-12-15-29-51(44)59(53)52-30-16-13-28-49(52)58-48-27-11-10-25-45(48)55(38-54(58)59)61(40-20-6-2-7-21-40)41-22-8-3-9-23-41/h1-38H. The lowest BCUT2D eigenvalue weighted by molar-refractivity contribution is 0.669. The van der Waals surface area contributed by atoms with Gasteiger partial charge in [-0.3, -0.25) is 0 Å². The first-order chi connectivity index (χ1) is 30.8. The minimum absolute atomic E-state index is 0.557. The zero-order valence-electron chi connectivity index (χ0n) is 33.7. The molecular formula is C59H38N2O. The summed E-state index contributed by atoms with van der Waals surface area (Å²) >= 11 is 0. The number of furan rings is 1. The fourth-order valence-electron chi connectivity index (χ4n) is 10.8. The highest BCUT2D eigenvalue weighted by Gasteiger charge is 2.52. The van der Waals surface area contributed by atoms with Crippen molar-refractivity contribution < 1.29 is 4.42 Å². The Morgan fingerprint density at radius 2 is 0.790 bits per heavy atom. The Bertz CT molecular complexity index is 3500. The predicted octanol–water partition coefficient (Wildman–Crippen LogP) is 16.0. The van der Waals surface area contributed by atoms with E-state index in [4.69, 9.17) is 4.42 Å². The summed E-state index contributed by atoms with van der Waals surface area (Å²) in [5.41, 5.74) is 18.1. The summed E-state index contributed by atoms with van der Waals surface area (Å²) in [5.74, 6) is 0. The van der Waals surface area contributed by atoms with Crippen LogP contribution in [0.3, 0.4) is 0 Å². The van der Waals surface area contributed by atoms with E-state index in [1.54, 1.807) is 0 Å². The lowest BCUT2D eigenvalue weighted by atomic mass is 9.70. The highest BCUT2D eigenvalue weighted by molar-refractivity contribution is 6.12. The summed E-state index contributed by atoms with van der Waals surface area (Å²) in [4.78, 5) is 4.79. The van der Waals surface area contributed by atoms with Gasteiger partial charge in [0.15, 0.2) is 0 Å². The third-order valence-corrected chi connectivity index (χ3v) is 13.2. The van der Waals surface area contributed by atoms with Crippen molar-refractivity contribution in [3.05, 3.63) is 253 Å². The molecule has 1 heterocycles. The Kier molecular flexibility index (Phi) is 7.52. The monoisotopic (exact) mass is 790 g/mol. The van der Waals surface area contributed by atoms with Gasteiger partial charge in [-0.05, 0) is 123 Å². The molecule has 13 rings (SSSR count). The van der Waals surface area contributed by atoms with Crippen molar-refractivity contribution >= 4 is 66.8 Å². The zero-order valence-corrected chi connectivity index (χ0v) is 33.7. The van der Waals surface area contributed by atoms with Crippen molar-refractivity contribution in [3.63, 3.8) is 0 Å². The second kappa shape index (κ2) is 13.4. The van der Waals surface area contributed by atoms with Crippen LogP contribution in [-0.2, 0) is 5.41 Å². The lowest BCUT2D eigenvalue weighted by Crippen LogP contribution is -2.26. The smallest absolute Gasteiger partial charge is 0.137 e. The van der Waals surface area contributed by atoms with Crippen molar-refractivity contribution in [2.24, 2.45) is 0 Å². The third-order valence-electron chi connectivity index (χ3n) is 13.2. The average molecular weight is 791 g/mol. The second-order valence-corrected chi connectivity index (χ2v) is 16.4. The number of hydrogen-bond acceptors (Lipinski definition) is 3. The normalized spacial score (nSPS) is 14.5. The molecule has 290 valence electrons. The highest BCUT2D eigenvalue weighted by atomic mass is 16.3. The predicted molar refractivity (Wildman–Crippen MR) is 257 cm³/mol. The van der Waals surface area contributed by atoms with Gasteiger partial charge in [0, 0.05) is 50.7 Å². The molecule has 10 aromatic carbocycles. The number of nitrogens with zero attached hydrogens (tertiary/aromatic N) is 2. The molecule has 3 nitrogen and oxygen atoms in total. The van der Waals surface area contributed by atoms with Crippen LogP contribution in [0.15, 0.2) is 235 Å². The molecule has 1 atom stereocenters. The fourth-order valence-corrected chi connectivity index (χ4v) is 10.8. The SMILES string of the molecule is c1ccc(N(c2ccc3c(c2)-c2ccccc2C32c3ccccc3-c3c2cc(N(c2ccccc2)c2ccccc2)c2ccccc32)c2ccc3c(c2)oc2ccccc23)cc1. The molecule has 0 saturated carbocycles. The van der Waals surface area contributed by atoms with E-state index < -0.39 is 5.41 Å². The molecule has 1 aromatic heterocycles. The molecule has 1 spiro atoms. The molecule has 2 aliphatic carbocycles. The number of rotatable bonds is 6. The molecule has 11 aromatic rings. The van der Waals surface area contributed by atoms with E-state index in [1.807, 2.05) is 12.1 Å². The van der Waals surface area contributed by atoms with Crippen LogP contribution in [0.25, 0.3) is 55.0 Å². The maximum Gasteiger partial charge on any atom is 0.137 e. The van der Waals surface area contributed by atoms with E-state index >= 15 is 0 Å². The van der Waals surface area contributed by atoms with Gasteiger partial charge < -0.3 is 14.2 Å². The van der Waals surface area contributed by atoms with Crippen LogP contribution < -0.4 is 9.80 Å². The second-order valence-electron chi connectivity index (χ2n) is 16.4. The molecular weight excluding hydrogens is 753 g/mol. The quantitative estimate of drug-likeness (QED) is 0.167. The number of hydrogen-bond donors (Lipinski definition) is 0. The lowest BCUT2D eigenvalue weighted by Gasteiger charge is -2.33. The van der Waals surface area contributed by atoms with E-state index in [0.29, 0.717) is 0 Å². The Morgan fingerprint density at radius 3 is 1.50 bits per heavy atom. The first-order valence-corrected chi connectivity index (χ1v) is 21.3. The zero-order chi connectivity index (χ0) is 40.8. The van der Waals surface area contributed by atoms with Gasteiger partial charge >= 0.3 is 0 Å². The molecule has 1 unspecified atom stereocenters. The summed E-state index contributed by atoms with van der Waals surface area (Å²) in [6, 6.07) is 84.0. The van der Waals surface area contributed by atoms with Crippen LogP contribution >= 0.6 is 0 Å². The summed E-state index contributed by atoms with van der Waals surface area (Å²) in [7, 11) is 0. The van der Waals surface area contributed by atoms with E-state index in [2.05, 4.69) is 228 Å². The van der Waals surface area contributed by atoms with Crippen molar-refractivity contribution in [2.45, 2.75) is 5.41 Å². The van der Waals surface area contributed by atoms with Crippen LogP contribution in [0.2, 0.25) is 0 Å². The molecule has 0 amide bonds. The summed E-state index contributed by atoms with van der Waals surface area (Å²) in [6.07, 6.45) is 0. The van der Waals surface area contributed by atoms with Gasteiger partial charge in [-0.2, -0.15) is 0 Å². The van der Waals surface area contributed by atoms with E-state index in [1.165, 1.54) is 55.3 Å². The molecule has 2 aliphatic rings. The minimum Gasteiger partial charge on any atom is -0.456 e. The number of anilines is 6. The van der Waals surface area contributed by atoms with Gasteiger partial charge in [-0.1, -0.05) is 152 Å². The summed E-state index contributed by atoms with van der Waals surface area (Å²) in [5, 5.41) is 4.71. The first-order valence-electron chi connectivity index (χ1n) is 21.3. The number of fused-ring (bicyclic) bond motifs is 15. The highest BCUT2D eigenvalue weighted by Crippen LogP contribution is 2.65. The first kappa shape index (κ1) is 34.7. The van der Waals surface area contributed by atoms with Crippen LogP contribution in [0, 0.1) is 0 Å². The molecule has 62 heavy (non-hydrogen) atoms. The largest absolute Gasteiger partial charge is 0.456 e. The van der Waals surface area contributed by atoms with E-state index in [0.717, 1.165) is 56.1 Å². The topological polar surface area (TPSA) is 19.6 Å². The maximum atomic E-state index is 6.45. The van der Waals surface area contributed by atoms with Gasteiger partial charge in [-0.25, -0.2) is 0 Å². The van der Waals surface area contributed by atoms with Gasteiger partial charge in [0.25, 0.3) is 0 Å². The van der Waals surface area contributed by atoms with Crippen molar-refractivity contribution in [1.82, 2.24) is 0 Å². The molecule has 0 saturated heterocycles. The Labute approximate surface area is 360 Å². The van der Waals surface area contributed by atoms with Gasteiger partial charge in [0.2, 0.25) is 0 Å². The van der Waals surface area contributed by atoms with Gasteiger partial charge in [0.1, 0.15) is 11.2 Å². The number of benzene rings is 10. The number of para-hydroxylation sites is 4. The summed E-state index contributed by atoms with van der Waals surface area (Å²) in [6.45, 7) is 0. The van der Waals surface area contributed by atoms with Gasteiger partial charge in [-0.15, -0.1) is 0 Å². The minimum atomic E-state index is -0.557.